The topological polar surface area (TPSA) is 38.0 Å². The summed E-state index contributed by atoms with van der Waals surface area (Å²) in [7, 11) is 0. The molecule has 0 aromatic heterocycles. The molecule has 0 saturated carbocycles. The molecule has 1 unspecified atom stereocenters. The van der Waals surface area contributed by atoms with Crippen LogP contribution in [0, 0.1) is 0 Å². The van der Waals surface area contributed by atoms with Gasteiger partial charge in [0.25, 0.3) is 0 Å². The van der Waals surface area contributed by atoms with Gasteiger partial charge in [0.05, 0.1) is 0 Å². The summed E-state index contributed by atoms with van der Waals surface area (Å²) in [4.78, 5) is 0. The van der Waals surface area contributed by atoms with Crippen molar-refractivity contribution >= 4 is 11.6 Å². The fourth-order valence-corrected chi connectivity index (χ4v) is 1.32. The van der Waals surface area contributed by atoms with Crippen LogP contribution >= 0.6 is 11.6 Å². The van der Waals surface area contributed by atoms with Crippen LogP contribution in [0.1, 0.15) is 25.5 Å². The van der Waals surface area contributed by atoms with E-state index < -0.39 is 0 Å². The van der Waals surface area contributed by atoms with E-state index in [9.17, 15) is 0 Å². The summed E-state index contributed by atoms with van der Waals surface area (Å²) in [6, 6.07) is 8.17. The Bertz CT molecular complexity index is 269. The van der Waals surface area contributed by atoms with Crippen LogP contribution in [0.3, 0.4) is 0 Å². The molecule has 1 aromatic rings. The molecule has 0 saturated heterocycles. The highest BCUT2D eigenvalue weighted by molar-refractivity contribution is 6.30. The van der Waals surface area contributed by atoms with Crippen LogP contribution in [0.25, 0.3) is 0 Å². The molecule has 0 heterocycles. The molecule has 0 radical (unpaired) electrons. The Morgan fingerprint density at radius 1 is 1.29 bits per heavy atom. The predicted octanol–water partition coefficient (Wildman–Crippen LogP) is 2.34. The summed E-state index contributed by atoms with van der Waals surface area (Å²) in [6.07, 6.45) is 0. The van der Waals surface area contributed by atoms with E-state index in [1.165, 1.54) is 0 Å². The van der Waals surface area contributed by atoms with Gasteiger partial charge < -0.3 is 11.1 Å². The minimum Gasteiger partial charge on any atom is -0.323 e. The zero-order chi connectivity index (χ0) is 10.6. The molecule has 14 heavy (non-hydrogen) atoms. The predicted molar refractivity (Wildman–Crippen MR) is 61.5 cm³/mol. The summed E-state index contributed by atoms with van der Waals surface area (Å²) in [6.45, 7) is 5.00. The standard InChI is InChI=1S/C11H17ClN2/c1-8(2)14-7-11(13)9-3-5-10(12)6-4-9/h3-6,8,11,14H,7,13H2,1-2H3. The van der Waals surface area contributed by atoms with Crippen LogP contribution in [0.4, 0.5) is 0 Å². The Hall–Kier alpha value is -0.570. The third kappa shape index (κ3) is 3.66. The normalized spacial score (nSPS) is 13.2. The fourth-order valence-electron chi connectivity index (χ4n) is 1.19. The molecule has 3 heteroatoms. The first-order valence-corrected chi connectivity index (χ1v) is 5.22. The zero-order valence-electron chi connectivity index (χ0n) is 8.63. The first-order chi connectivity index (χ1) is 6.59. The van der Waals surface area contributed by atoms with Crippen molar-refractivity contribution in [2.75, 3.05) is 6.54 Å². The van der Waals surface area contributed by atoms with Crippen LogP contribution in [-0.2, 0) is 0 Å². The lowest BCUT2D eigenvalue weighted by Crippen LogP contribution is -2.31. The second-order valence-corrected chi connectivity index (χ2v) is 4.16. The van der Waals surface area contributed by atoms with Gasteiger partial charge in [-0.05, 0) is 17.7 Å². The van der Waals surface area contributed by atoms with Crippen molar-refractivity contribution in [2.45, 2.75) is 25.9 Å². The number of halogens is 1. The molecular weight excluding hydrogens is 196 g/mol. The largest absolute Gasteiger partial charge is 0.323 e. The van der Waals surface area contributed by atoms with Crippen LogP contribution in [0.5, 0.6) is 0 Å². The van der Waals surface area contributed by atoms with E-state index in [0.29, 0.717) is 6.04 Å². The smallest absolute Gasteiger partial charge is 0.0421 e. The number of nitrogens with two attached hydrogens (primary N) is 1. The van der Waals surface area contributed by atoms with Gasteiger partial charge in [-0.15, -0.1) is 0 Å². The van der Waals surface area contributed by atoms with Crippen molar-refractivity contribution in [1.29, 1.82) is 0 Å². The minimum absolute atomic E-state index is 0.0367. The third-order valence-electron chi connectivity index (χ3n) is 2.04. The second kappa shape index (κ2) is 5.35. The van der Waals surface area contributed by atoms with Gasteiger partial charge in [-0.1, -0.05) is 37.6 Å². The highest BCUT2D eigenvalue weighted by Crippen LogP contribution is 2.14. The Kier molecular flexibility index (Phi) is 4.39. The van der Waals surface area contributed by atoms with E-state index in [4.69, 9.17) is 17.3 Å². The maximum Gasteiger partial charge on any atom is 0.0421 e. The van der Waals surface area contributed by atoms with Crippen molar-refractivity contribution in [2.24, 2.45) is 5.73 Å². The Morgan fingerprint density at radius 3 is 2.36 bits per heavy atom. The molecule has 0 aliphatic heterocycles. The third-order valence-corrected chi connectivity index (χ3v) is 2.30. The maximum absolute atomic E-state index is 5.99. The first kappa shape index (κ1) is 11.5. The Morgan fingerprint density at radius 2 is 1.86 bits per heavy atom. The van der Waals surface area contributed by atoms with Gasteiger partial charge in [-0.2, -0.15) is 0 Å². The Labute approximate surface area is 90.4 Å². The van der Waals surface area contributed by atoms with Gasteiger partial charge in [0.15, 0.2) is 0 Å². The molecule has 0 fully saturated rings. The molecule has 0 aliphatic rings. The van der Waals surface area contributed by atoms with Crippen molar-refractivity contribution in [3.8, 4) is 0 Å². The lowest BCUT2D eigenvalue weighted by molar-refractivity contribution is 0.538. The lowest BCUT2D eigenvalue weighted by atomic mass is 10.1. The molecule has 0 spiro atoms. The monoisotopic (exact) mass is 212 g/mol. The van der Waals surface area contributed by atoms with Gasteiger partial charge >= 0.3 is 0 Å². The molecule has 1 atom stereocenters. The van der Waals surface area contributed by atoms with E-state index in [1.807, 2.05) is 24.3 Å². The van der Waals surface area contributed by atoms with Crippen LogP contribution in [0.2, 0.25) is 5.02 Å². The average molecular weight is 213 g/mol. The van der Waals surface area contributed by atoms with Crippen LogP contribution < -0.4 is 11.1 Å². The minimum atomic E-state index is 0.0367. The first-order valence-electron chi connectivity index (χ1n) is 4.84. The van der Waals surface area contributed by atoms with Gasteiger partial charge in [0, 0.05) is 23.7 Å². The summed E-state index contributed by atoms with van der Waals surface area (Å²) in [5.41, 5.74) is 7.10. The fraction of sp³-hybridized carbons (Fsp3) is 0.455. The van der Waals surface area contributed by atoms with Gasteiger partial charge in [-0.3, -0.25) is 0 Å². The van der Waals surface area contributed by atoms with E-state index in [-0.39, 0.29) is 6.04 Å². The summed E-state index contributed by atoms with van der Waals surface area (Å²) < 4.78 is 0. The molecule has 3 N–H and O–H groups in total. The molecule has 0 aliphatic carbocycles. The highest BCUT2D eigenvalue weighted by atomic mass is 35.5. The highest BCUT2D eigenvalue weighted by Gasteiger charge is 2.05. The molecule has 0 amide bonds. The molecule has 0 bridgehead atoms. The summed E-state index contributed by atoms with van der Waals surface area (Å²) >= 11 is 5.79. The number of benzene rings is 1. The zero-order valence-corrected chi connectivity index (χ0v) is 9.38. The summed E-state index contributed by atoms with van der Waals surface area (Å²) in [5, 5.41) is 4.05. The van der Waals surface area contributed by atoms with E-state index in [2.05, 4.69) is 19.2 Å². The van der Waals surface area contributed by atoms with E-state index in [0.717, 1.165) is 17.1 Å². The van der Waals surface area contributed by atoms with Crippen LogP contribution in [0.15, 0.2) is 24.3 Å². The van der Waals surface area contributed by atoms with E-state index in [1.54, 1.807) is 0 Å². The molecule has 1 aromatic carbocycles. The lowest BCUT2D eigenvalue weighted by Gasteiger charge is -2.15. The van der Waals surface area contributed by atoms with Gasteiger partial charge in [0.2, 0.25) is 0 Å². The van der Waals surface area contributed by atoms with Crippen molar-refractivity contribution in [1.82, 2.24) is 5.32 Å². The number of hydrogen-bond donors (Lipinski definition) is 2. The average Bonchev–Trinajstić information content (AvgIpc) is 2.15. The number of hydrogen-bond acceptors (Lipinski definition) is 2. The molecular formula is C11H17ClN2. The molecule has 78 valence electrons. The Balaban J connectivity index is 2.52. The van der Waals surface area contributed by atoms with Gasteiger partial charge in [-0.25, -0.2) is 0 Å². The van der Waals surface area contributed by atoms with Crippen molar-refractivity contribution in [3.05, 3.63) is 34.9 Å². The maximum atomic E-state index is 5.99. The van der Waals surface area contributed by atoms with E-state index >= 15 is 0 Å². The molecule has 2 nitrogen and oxygen atoms in total. The van der Waals surface area contributed by atoms with Crippen molar-refractivity contribution < 1.29 is 0 Å². The quantitative estimate of drug-likeness (QED) is 0.804. The summed E-state index contributed by atoms with van der Waals surface area (Å²) in [5.74, 6) is 0. The second-order valence-electron chi connectivity index (χ2n) is 3.72. The van der Waals surface area contributed by atoms with Crippen LogP contribution in [-0.4, -0.2) is 12.6 Å². The van der Waals surface area contributed by atoms with Gasteiger partial charge in [0.1, 0.15) is 0 Å². The van der Waals surface area contributed by atoms with Crippen molar-refractivity contribution in [3.63, 3.8) is 0 Å². The molecule has 1 rings (SSSR count). The number of rotatable bonds is 4. The number of nitrogens with one attached hydrogen (secondary N) is 1. The SMILES string of the molecule is CC(C)NCC(N)c1ccc(Cl)cc1.